The molecule has 1 saturated carbocycles. The van der Waals surface area contributed by atoms with Crippen LogP contribution in [0.1, 0.15) is 74.1 Å². The molecule has 38 heavy (non-hydrogen) atoms. The predicted octanol–water partition coefficient (Wildman–Crippen LogP) is 7.09. The van der Waals surface area contributed by atoms with Gasteiger partial charge in [0.1, 0.15) is 6.04 Å². The molecule has 0 radical (unpaired) electrons. The van der Waals surface area contributed by atoms with Gasteiger partial charge in [-0.1, -0.05) is 105 Å². The second kappa shape index (κ2) is 13.6. The third kappa shape index (κ3) is 7.94. The van der Waals surface area contributed by atoms with Gasteiger partial charge in [0.25, 0.3) is 0 Å². The zero-order chi connectivity index (χ0) is 26.9. The molecular formula is C33H39ClN2O2. The average molecular weight is 531 g/mol. The molecule has 0 aromatic heterocycles. The Morgan fingerprint density at radius 3 is 2.24 bits per heavy atom. The molecule has 4 nitrogen and oxygen atoms in total. The van der Waals surface area contributed by atoms with E-state index in [1.54, 1.807) is 4.90 Å². The second-order valence-electron chi connectivity index (χ2n) is 10.7. The zero-order valence-electron chi connectivity index (χ0n) is 22.5. The summed E-state index contributed by atoms with van der Waals surface area (Å²) in [6.07, 6.45) is 5.70. The lowest BCUT2D eigenvalue weighted by Gasteiger charge is -2.32. The smallest absolute Gasteiger partial charge is 0.243 e. The number of rotatable bonds is 11. The number of benzene rings is 3. The zero-order valence-corrected chi connectivity index (χ0v) is 23.3. The van der Waals surface area contributed by atoms with Crippen molar-refractivity contribution in [3.63, 3.8) is 0 Å². The van der Waals surface area contributed by atoms with Gasteiger partial charge < -0.3 is 10.2 Å². The van der Waals surface area contributed by atoms with Crippen LogP contribution in [0.15, 0.2) is 78.9 Å². The van der Waals surface area contributed by atoms with Gasteiger partial charge in [-0.15, -0.1) is 0 Å². The largest absolute Gasteiger partial charge is 0.352 e. The minimum atomic E-state index is -0.604. The van der Waals surface area contributed by atoms with Crippen molar-refractivity contribution in [2.75, 3.05) is 0 Å². The maximum atomic E-state index is 13.9. The van der Waals surface area contributed by atoms with Gasteiger partial charge in [-0.25, -0.2) is 0 Å². The summed E-state index contributed by atoms with van der Waals surface area (Å²) in [6.45, 7) is 4.69. The highest BCUT2D eigenvalue weighted by Crippen LogP contribution is 2.22. The molecule has 0 bridgehead atoms. The summed E-state index contributed by atoms with van der Waals surface area (Å²) >= 11 is 6.29. The quantitative estimate of drug-likeness (QED) is 0.287. The van der Waals surface area contributed by atoms with E-state index in [9.17, 15) is 9.59 Å². The second-order valence-corrected chi connectivity index (χ2v) is 11.2. The predicted molar refractivity (Wildman–Crippen MR) is 155 cm³/mol. The van der Waals surface area contributed by atoms with Crippen LogP contribution >= 0.6 is 11.6 Å². The highest BCUT2D eigenvalue weighted by molar-refractivity contribution is 6.30. The summed E-state index contributed by atoms with van der Waals surface area (Å²) in [6, 6.07) is 25.6. The Hall–Kier alpha value is -3.11. The van der Waals surface area contributed by atoms with Crippen molar-refractivity contribution in [1.29, 1.82) is 0 Å². The first-order valence-electron chi connectivity index (χ1n) is 13.9. The monoisotopic (exact) mass is 530 g/mol. The lowest BCUT2D eigenvalue weighted by molar-refractivity contribution is -0.141. The molecular weight excluding hydrogens is 492 g/mol. The van der Waals surface area contributed by atoms with Crippen LogP contribution in [0, 0.1) is 0 Å². The van der Waals surface area contributed by atoms with Gasteiger partial charge in [0.2, 0.25) is 11.8 Å². The molecule has 3 aromatic rings. The summed E-state index contributed by atoms with van der Waals surface area (Å²) in [7, 11) is 0. The molecule has 4 rings (SSSR count). The van der Waals surface area contributed by atoms with E-state index in [-0.39, 0.29) is 17.9 Å². The highest BCUT2D eigenvalue weighted by Gasteiger charge is 2.32. The summed E-state index contributed by atoms with van der Waals surface area (Å²) < 4.78 is 0. The maximum absolute atomic E-state index is 13.9. The van der Waals surface area contributed by atoms with Gasteiger partial charge in [0.05, 0.1) is 0 Å². The number of hydrogen-bond donors (Lipinski definition) is 1. The summed E-state index contributed by atoms with van der Waals surface area (Å²) in [5.41, 5.74) is 4.36. The minimum absolute atomic E-state index is 0.0274. The molecule has 0 unspecified atom stereocenters. The Balaban J connectivity index is 1.59. The van der Waals surface area contributed by atoms with E-state index in [4.69, 9.17) is 11.6 Å². The number of nitrogens with one attached hydrogen (secondary N) is 1. The molecule has 1 aliphatic carbocycles. The molecule has 0 spiro atoms. The normalized spacial score (nSPS) is 14.4. The van der Waals surface area contributed by atoms with Crippen molar-refractivity contribution in [2.45, 2.75) is 83.3 Å². The van der Waals surface area contributed by atoms with Crippen molar-refractivity contribution >= 4 is 23.4 Å². The van der Waals surface area contributed by atoms with Crippen LogP contribution in [-0.4, -0.2) is 28.8 Å². The molecule has 1 fully saturated rings. The minimum Gasteiger partial charge on any atom is -0.352 e. The number of amides is 2. The summed E-state index contributed by atoms with van der Waals surface area (Å²) in [4.78, 5) is 29.4. The first-order valence-corrected chi connectivity index (χ1v) is 14.2. The third-order valence-electron chi connectivity index (χ3n) is 7.49. The topological polar surface area (TPSA) is 49.4 Å². The Kier molecular flexibility index (Phi) is 10.0. The van der Waals surface area contributed by atoms with Crippen molar-refractivity contribution in [1.82, 2.24) is 10.2 Å². The van der Waals surface area contributed by atoms with Crippen LogP contribution in [0.25, 0.3) is 0 Å². The van der Waals surface area contributed by atoms with E-state index in [2.05, 4.69) is 43.4 Å². The van der Waals surface area contributed by atoms with E-state index in [1.807, 2.05) is 54.6 Å². The van der Waals surface area contributed by atoms with Crippen molar-refractivity contribution < 1.29 is 9.59 Å². The standard InChI is InChI=1S/C33H39ClN2O2/c1-24(2)28-18-15-25(16-19-28)17-20-32(37)36(23-27-11-8-12-29(34)21-27)31(22-26-9-4-3-5-10-26)33(38)35-30-13-6-7-14-30/h3-5,8-12,15-16,18-19,21,24,30-31H,6-7,13-14,17,20,22-23H2,1-2H3,(H,35,38)/t31-/m0/s1. The molecule has 2 amide bonds. The van der Waals surface area contributed by atoms with E-state index in [1.165, 1.54) is 5.56 Å². The van der Waals surface area contributed by atoms with Crippen LogP contribution in [0.2, 0.25) is 5.02 Å². The molecule has 3 aromatic carbocycles. The van der Waals surface area contributed by atoms with E-state index >= 15 is 0 Å². The number of aryl methyl sites for hydroxylation is 1. The fourth-order valence-corrected chi connectivity index (χ4v) is 5.43. The lowest BCUT2D eigenvalue weighted by Crippen LogP contribution is -2.52. The van der Waals surface area contributed by atoms with Crippen LogP contribution in [-0.2, 0) is 29.0 Å². The van der Waals surface area contributed by atoms with E-state index < -0.39 is 6.04 Å². The Labute approximate surface area is 232 Å². The van der Waals surface area contributed by atoms with Gasteiger partial charge in [-0.05, 0) is 59.6 Å². The first-order chi connectivity index (χ1) is 18.4. The molecule has 5 heteroatoms. The van der Waals surface area contributed by atoms with Crippen molar-refractivity contribution in [2.24, 2.45) is 0 Å². The fourth-order valence-electron chi connectivity index (χ4n) is 5.22. The molecule has 0 aliphatic heterocycles. The highest BCUT2D eigenvalue weighted by atomic mass is 35.5. The summed E-state index contributed by atoms with van der Waals surface area (Å²) in [5, 5.41) is 3.88. The van der Waals surface area contributed by atoms with Gasteiger partial charge >= 0.3 is 0 Å². The number of carbonyl (C=O) groups excluding carboxylic acids is 2. The van der Waals surface area contributed by atoms with Gasteiger partial charge in [0, 0.05) is 30.5 Å². The molecule has 200 valence electrons. The van der Waals surface area contributed by atoms with Crippen LogP contribution in [0.5, 0.6) is 0 Å². The maximum Gasteiger partial charge on any atom is 0.243 e. The van der Waals surface area contributed by atoms with Gasteiger partial charge in [-0.2, -0.15) is 0 Å². The van der Waals surface area contributed by atoms with Gasteiger partial charge in [-0.3, -0.25) is 9.59 Å². The van der Waals surface area contributed by atoms with Crippen LogP contribution < -0.4 is 5.32 Å². The van der Waals surface area contributed by atoms with E-state index in [0.29, 0.717) is 36.7 Å². The Bertz CT molecular complexity index is 1190. The number of carbonyl (C=O) groups is 2. The van der Waals surface area contributed by atoms with Crippen molar-refractivity contribution in [3.8, 4) is 0 Å². The number of nitrogens with zero attached hydrogens (tertiary/aromatic N) is 1. The van der Waals surface area contributed by atoms with Crippen molar-refractivity contribution in [3.05, 3.63) is 106 Å². The molecule has 1 aliphatic rings. The lowest BCUT2D eigenvalue weighted by atomic mass is 9.99. The van der Waals surface area contributed by atoms with Gasteiger partial charge in [0.15, 0.2) is 0 Å². The molecule has 1 atom stereocenters. The van der Waals surface area contributed by atoms with E-state index in [0.717, 1.165) is 42.4 Å². The third-order valence-corrected chi connectivity index (χ3v) is 7.72. The Morgan fingerprint density at radius 2 is 1.58 bits per heavy atom. The van der Waals surface area contributed by atoms with Crippen LogP contribution in [0.4, 0.5) is 0 Å². The van der Waals surface area contributed by atoms with Crippen LogP contribution in [0.3, 0.4) is 0 Å². The number of hydrogen-bond acceptors (Lipinski definition) is 2. The molecule has 0 heterocycles. The average Bonchev–Trinajstić information content (AvgIpc) is 3.43. The molecule has 1 N–H and O–H groups in total. The molecule has 0 saturated heterocycles. The number of halogens is 1. The Morgan fingerprint density at radius 1 is 0.895 bits per heavy atom. The summed E-state index contributed by atoms with van der Waals surface area (Å²) in [5.74, 6) is 0.369. The fraction of sp³-hybridized carbons (Fsp3) is 0.394. The first kappa shape index (κ1) is 27.9. The SMILES string of the molecule is CC(C)c1ccc(CCC(=O)N(Cc2cccc(Cl)c2)[C@@H](Cc2ccccc2)C(=O)NC2CCCC2)cc1.